The number of hydrogen-bond donors (Lipinski definition) is 5. The van der Waals surface area contributed by atoms with Gasteiger partial charge < -0.3 is 30.1 Å². The number of carbonyl (C=O) groups excluding carboxylic acids is 3. The summed E-state index contributed by atoms with van der Waals surface area (Å²) < 4.78 is 6.62. The Bertz CT molecular complexity index is 1390. The first-order chi connectivity index (χ1) is 19.5. The number of ether oxygens (including phenoxy) is 1. The molecule has 5 N–H and O–H groups in total. The van der Waals surface area contributed by atoms with E-state index in [0.29, 0.717) is 17.6 Å². The average Bonchev–Trinajstić information content (AvgIpc) is 3.28. The highest BCUT2D eigenvalue weighted by molar-refractivity contribution is 5.93. The number of hydrogen-bond acceptors (Lipinski definition) is 8. The lowest BCUT2D eigenvalue weighted by atomic mass is 10.00. The van der Waals surface area contributed by atoms with Gasteiger partial charge in [-0.2, -0.15) is 0 Å². The van der Waals surface area contributed by atoms with E-state index in [1.807, 2.05) is 12.1 Å². The van der Waals surface area contributed by atoms with E-state index in [4.69, 9.17) is 0 Å². The Morgan fingerprint density at radius 2 is 1.85 bits per heavy atom. The molecule has 0 radical (unpaired) electrons. The first-order valence-corrected chi connectivity index (χ1v) is 13.3. The molecule has 3 aromatic rings. The number of esters is 1. The zero-order chi connectivity index (χ0) is 29.6. The van der Waals surface area contributed by atoms with Gasteiger partial charge in [0.05, 0.1) is 33.3 Å². The Hall–Kier alpha value is -4.65. The number of anilines is 1. The molecule has 0 bridgehead atoms. The second-order valence-electron chi connectivity index (χ2n) is 10.6. The molecule has 0 spiro atoms. The number of quaternary nitrogens is 1. The monoisotopic (exact) mass is 566 g/mol. The van der Waals surface area contributed by atoms with Crippen molar-refractivity contribution in [2.24, 2.45) is 7.05 Å². The first-order valence-electron chi connectivity index (χ1n) is 13.3. The molecule has 0 aliphatic carbocycles. The molecule has 13 heteroatoms. The van der Waals surface area contributed by atoms with E-state index in [1.54, 1.807) is 24.3 Å². The molecule has 1 fully saturated rings. The standard InChI is InChI=1S/C28H35N7O6/c1-34-24(26(39)41-3)32-33-27(34)31-28(40)30-23(15-18-9-11-21(36)12-10-18)25(38)29-20-7-5-13-35(2,17-20)16-19-6-4-8-22(37)14-19/h4,6,8-12,14,20,23H,5,7,13,15-17H2,1-3H3,(H4-,29,30,31,33,36,37,38,39,40)/p+1/t20-,23-,35?/m0/s1. The number of urea groups is 1. The molecule has 1 aliphatic heterocycles. The number of carbonyl (C=O) groups is 3. The Balaban J connectivity index is 1.45. The number of piperidine rings is 1. The van der Waals surface area contributed by atoms with Gasteiger partial charge in [0.1, 0.15) is 24.1 Å². The molecule has 0 saturated carbocycles. The van der Waals surface area contributed by atoms with Gasteiger partial charge in [0.25, 0.3) is 0 Å². The lowest BCUT2D eigenvalue weighted by molar-refractivity contribution is -0.927. The number of rotatable bonds is 9. The fraction of sp³-hybridized carbons (Fsp3) is 0.393. The molecule has 3 amide bonds. The zero-order valence-electron chi connectivity index (χ0n) is 23.3. The largest absolute Gasteiger partial charge is 0.508 e. The summed E-state index contributed by atoms with van der Waals surface area (Å²) in [5.41, 5.74) is 1.75. The number of aromatic hydroxyl groups is 2. The highest BCUT2D eigenvalue weighted by atomic mass is 16.5. The van der Waals surface area contributed by atoms with Gasteiger partial charge in [0.2, 0.25) is 17.7 Å². The zero-order valence-corrected chi connectivity index (χ0v) is 23.3. The topological polar surface area (TPSA) is 168 Å². The van der Waals surface area contributed by atoms with Crippen molar-refractivity contribution < 1.29 is 33.8 Å². The van der Waals surface area contributed by atoms with Crippen LogP contribution in [-0.4, -0.2) is 86.7 Å². The predicted molar refractivity (Wildman–Crippen MR) is 149 cm³/mol. The summed E-state index contributed by atoms with van der Waals surface area (Å²) in [7, 11) is 4.84. The van der Waals surface area contributed by atoms with Crippen molar-refractivity contribution in [1.29, 1.82) is 0 Å². The first kappa shape index (κ1) is 29.3. The molecule has 1 aromatic heterocycles. The molecule has 1 aliphatic rings. The number of benzene rings is 2. The number of amides is 3. The summed E-state index contributed by atoms with van der Waals surface area (Å²) in [6, 6.07) is 11.8. The summed E-state index contributed by atoms with van der Waals surface area (Å²) in [5, 5.41) is 35.4. The Labute approximate surface area is 237 Å². The average molecular weight is 567 g/mol. The third-order valence-electron chi connectivity index (χ3n) is 7.20. The maximum atomic E-state index is 13.5. The van der Waals surface area contributed by atoms with Crippen LogP contribution in [0.3, 0.4) is 0 Å². The van der Waals surface area contributed by atoms with Crippen molar-refractivity contribution in [2.45, 2.75) is 37.9 Å². The number of likely N-dealkylation sites (tertiary alicyclic amines) is 1. The second-order valence-corrected chi connectivity index (χ2v) is 10.6. The molecule has 218 valence electrons. The van der Waals surface area contributed by atoms with Crippen molar-refractivity contribution in [2.75, 3.05) is 32.6 Å². The number of methoxy groups -OCH3 is 1. The van der Waals surface area contributed by atoms with Crippen molar-refractivity contribution in [3.63, 3.8) is 0 Å². The minimum Gasteiger partial charge on any atom is -0.508 e. The van der Waals surface area contributed by atoms with Gasteiger partial charge in [-0.25, -0.2) is 9.59 Å². The molecule has 1 unspecified atom stereocenters. The van der Waals surface area contributed by atoms with E-state index in [2.05, 4.69) is 37.9 Å². The molecule has 13 nitrogen and oxygen atoms in total. The van der Waals surface area contributed by atoms with Crippen LogP contribution in [0.25, 0.3) is 0 Å². The molecular formula is C28H36N7O6+. The molecule has 2 heterocycles. The van der Waals surface area contributed by atoms with Crippen LogP contribution in [0.5, 0.6) is 11.5 Å². The summed E-state index contributed by atoms with van der Waals surface area (Å²) >= 11 is 0. The molecule has 4 rings (SSSR count). The predicted octanol–water partition coefficient (Wildman–Crippen LogP) is 1.67. The third kappa shape index (κ3) is 7.72. The van der Waals surface area contributed by atoms with Crippen molar-refractivity contribution in [1.82, 2.24) is 25.4 Å². The fourth-order valence-corrected chi connectivity index (χ4v) is 5.17. The number of aromatic nitrogens is 3. The van der Waals surface area contributed by atoms with E-state index in [-0.39, 0.29) is 41.6 Å². The van der Waals surface area contributed by atoms with Gasteiger partial charge in [-0.15, -0.1) is 10.2 Å². The van der Waals surface area contributed by atoms with Crippen molar-refractivity contribution in [3.05, 3.63) is 65.5 Å². The maximum Gasteiger partial charge on any atom is 0.376 e. The van der Waals surface area contributed by atoms with Crippen LogP contribution in [-0.2, 0) is 29.5 Å². The van der Waals surface area contributed by atoms with Gasteiger partial charge in [0.15, 0.2) is 0 Å². The number of phenolic OH excluding ortho intramolecular Hbond substituents is 2. The number of nitrogens with one attached hydrogen (secondary N) is 3. The number of phenols is 2. The number of nitrogens with zero attached hydrogens (tertiary/aromatic N) is 4. The van der Waals surface area contributed by atoms with Crippen LogP contribution >= 0.6 is 0 Å². The molecular weight excluding hydrogens is 530 g/mol. The number of likely N-dealkylation sites (N-methyl/N-ethyl adjacent to an activating group) is 1. The van der Waals surface area contributed by atoms with Crippen LogP contribution in [0, 0.1) is 0 Å². The summed E-state index contributed by atoms with van der Waals surface area (Å²) in [5.74, 6) is -0.836. The van der Waals surface area contributed by atoms with Crippen LogP contribution in [0.1, 0.15) is 34.6 Å². The molecule has 3 atom stereocenters. The van der Waals surface area contributed by atoms with Gasteiger partial charge in [-0.3, -0.25) is 14.7 Å². The minimum atomic E-state index is -0.945. The van der Waals surface area contributed by atoms with Crippen LogP contribution in [0.15, 0.2) is 48.5 Å². The summed E-state index contributed by atoms with van der Waals surface area (Å²) in [4.78, 5) is 38.3. The highest BCUT2D eigenvalue weighted by Gasteiger charge is 2.34. The summed E-state index contributed by atoms with van der Waals surface area (Å²) in [6.45, 7) is 2.34. The van der Waals surface area contributed by atoms with E-state index in [9.17, 15) is 24.6 Å². The van der Waals surface area contributed by atoms with Gasteiger partial charge in [-0.05, 0) is 42.7 Å². The maximum absolute atomic E-state index is 13.5. The van der Waals surface area contributed by atoms with Gasteiger partial charge in [0, 0.05) is 19.0 Å². The molecule has 41 heavy (non-hydrogen) atoms. The van der Waals surface area contributed by atoms with E-state index >= 15 is 0 Å². The summed E-state index contributed by atoms with van der Waals surface area (Å²) in [6.07, 6.45) is 1.88. The van der Waals surface area contributed by atoms with Crippen molar-refractivity contribution >= 4 is 23.9 Å². The minimum absolute atomic E-state index is 0.000938. The van der Waals surface area contributed by atoms with Crippen LogP contribution in [0.4, 0.5) is 10.7 Å². The van der Waals surface area contributed by atoms with E-state index in [0.717, 1.165) is 30.5 Å². The lowest BCUT2D eigenvalue weighted by Gasteiger charge is -2.42. The normalized spacial score (nSPS) is 19.1. The SMILES string of the molecule is COC(=O)c1nnc(NC(=O)N[C@@H](Cc2ccc(O)cc2)C(=O)N[C@H]2CCC[N+](C)(Cc3cccc(O)c3)C2)n1C. The smallest absolute Gasteiger partial charge is 0.376 e. The van der Waals surface area contributed by atoms with Crippen LogP contribution < -0.4 is 16.0 Å². The Morgan fingerprint density at radius 3 is 2.56 bits per heavy atom. The lowest BCUT2D eigenvalue weighted by Crippen LogP contribution is -2.59. The van der Waals surface area contributed by atoms with Crippen LogP contribution in [0.2, 0.25) is 0 Å². The van der Waals surface area contributed by atoms with E-state index in [1.165, 1.54) is 30.9 Å². The quantitative estimate of drug-likeness (QED) is 0.193. The second kappa shape index (κ2) is 12.7. The Morgan fingerprint density at radius 1 is 1.10 bits per heavy atom. The fourth-order valence-electron chi connectivity index (χ4n) is 5.17. The van der Waals surface area contributed by atoms with Gasteiger partial charge >= 0.3 is 12.0 Å². The van der Waals surface area contributed by atoms with Gasteiger partial charge in [-0.1, -0.05) is 24.3 Å². The Kier molecular flexibility index (Phi) is 9.07. The molecule has 2 aromatic carbocycles. The highest BCUT2D eigenvalue weighted by Crippen LogP contribution is 2.23. The van der Waals surface area contributed by atoms with Crippen molar-refractivity contribution in [3.8, 4) is 11.5 Å². The van der Waals surface area contributed by atoms with E-state index < -0.39 is 18.0 Å². The molecule has 1 saturated heterocycles. The third-order valence-corrected chi connectivity index (χ3v) is 7.20.